The molecule has 2 aromatic heterocycles. The van der Waals surface area contributed by atoms with Crippen LogP contribution in [0.15, 0.2) is 12.1 Å². The molecule has 0 spiro atoms. The molecule has 4 nitrogen and oxygen atoms in total. The van der Waals surface area contributed by atoms with Gasteiger partial charge >= 0.3 is 5.97 Å². The van der Waals surface area contributed by atoms with Gasteiger partial charge in [0, 0.05) is 5.69 Å². The van der Waals surface area contributed by atoms with E-state index in [-0.39, 0.29) is 26.0 Å². The van der Waals surface area contributed by atoms with Crippen molar-refractivity contribution in [2.24, 2.45) is 0 Å². The highest BCUT2D eigenvalue weighted by atomic mass is 35.5. The standard InChI is InChI=1S/C6H2Cl3NO2.C6H4Cl3N/c7-2-1-3(6(11)12)10-5(9)4(2)8;1-3-2-4(7)5(8)6(9)10-3/h1H,(H,11,12);2H,1H3. The van der Waals surface area contributed by atoms with Crippen molar-refractivity contribution in [2.45, 2.75) is 6.92 Å². The Balaban J connectivity index is 0.000000224. The lowest BCUT2D eigenvalue weighted by Crippen LogP contribution is -2.00. The average Bonchev–Trinajstić information content (AvgIpc) is 2.42. The molecule has 0 saturated carbocycles. The number of nitrogens with zero attached hydrogens (tertiary/aromatic N) is 2. The van der Waals surface area contributed by atoms with Gasteiger partial charge in [0.1, 0.15) is 10.3 Å². The van der Waals surface area contributed by atoms with Gasteiger partial charge in [-0.05, 0) is 19.1 Å². The topological polar surface area (TPSA) is 63.1 Å². The van der Waals surface area contributed by atoms with E-state index in [0.717, 1.165) is 11.8 Å². The molecule has 2 aromatic rings. The van der Waals surface area contributed by atoms with Crippen LogP contribution in [0.5, 0.6) is 0 Å². The van der Waals surface area contributed by atoms with Crippen molar-refractivity contribution in [2.75, 3.05) is 0 Å². The fraction of sp³-hybridized carbons (Fsp3) is 0.0833. The summed E-state index contributed by atoms with van der Waals surface area (Å²) in [5.74, 6) is -1.20. The summed E-state index contributed by atoms with van der Waals surface area (Å²) in [5.41, 5.74) is 0.536. The third-order valence-electron chi connectivity index (χ3n) is 2.09. The Bertz CT molecular complexity index is 677. The van der Waals surface area contributed by atoms with Crippen LogP contribution in [-0.2, 0) is 0 Å². The van der Waals surface area contributed by atoms with Crippen LogP contribution in [0, 0.1) is 6.92 Å². The number of aromatic carboxylic acids is 1. The second-order valence-corrected chi connectivity index (χ2v) is 6.04. The van der Waals surface area contributed by atoms with E-state index in [4.69, 9.17) is 74.7 Å². The predicted octanol–water partition coefficient (Wildman–Crippen LogP) is 6.09. The molecule has 0 atom stereocenters. The predicted molar refractivity (Wildman–Crippen MR) is 90.2 cm³/mol. The van der Waals surface area contributed by atoms with Crippen molar-refractivity contribution in [1.82, 2.24) is 9.97 Å². The van der Waals surface area contributed by atoms with E-state index in [0.29, 0.717) is 10.0 Å². The van der Waals surface area contributed by atoms with Crippen LogP contribution in [-0.4, -0.2) is 21.0 Å². The summed E-state index contributed by atoms with van der Waals surface area (Å²) in [6, 6.07) is 2.80. The molecule has 0 bridgehead atoms. The quantitative estimate of drug-likeness (QED) is 0.565. The van der Waals surface area contributed by atoms with Crippen LogP contribution in [0.3, 0.4) is 0 Å². The molecule has 0 aliphatic heterocycles. The second-order valence-electron chi connectivity index (χ2n) is 3.75. The summed E-state index contributed by atoms with van der Waals surface area (Å²) in [5, 5.41) is 9.54. The molecule has 0 unspecified atom stereocenters. The van der Waals surface area contributed by atoms with E-state index >= 15 is 0 Å². The molecule has 10 heteroatoms. The molecular formula is C12H6Cl6N2O2. The first-order valence-electron chi connectivity index (χ1n) is 5.36. The molecule has 118 valence electrons. The van der Waals surface area contributed by atoms with E-state index in [9.17, 15) is 4.79 Å². The van der Waals surface area contributed by atoms with Crippen molar-refractivity contribution in [1.29, 1.82) is 0 Å². The van der Waals surface area contributed by atoms with Crippen molar-refractivity contribution < 1.29 is 9.90 Å². The van der Waals surface area contributed by atoms with Gasteiger partial charge in [-0.15, -0.1) is 0 Å². The van der Waals surface area contributed by atoms with Gasteiger partial charge in [0.15, 0.2) is 5.69 Å². The van der Waals surface area contributed by atoms with Crippen LogP contribution in [0.25, 0.3) is 0 Å². The van der Waals surface area contributed by atoms with E-state index < -0.39 is 5.97 Å². The molecule has 22 heavy (non-hydrogen) atoms. The van der Waals surface area contributed by atoms with E-state index in [2.05, 4.69) is 9.97 Å². The Kier molecular flexibility index (Phi) is 7.46. The molecule has 2 rings (SSSR count). The van der Waals surface area contributed by atoms with Gasteiger partial charge in [0.25, 0.3) is 0 Å². The molecule has 0 saturated heterocycles. The molecule has 0 radical (unpaired) electrons. The number of carboxylic acid groups (broad SMARTS) is 1. The number of rotatable bonds is 1. The summed E-state index contributed by atoms with van der Waals surface area (Å²) >= 11 is 33.4. The van der Waals surface area contributed by atoms with Crippen LogP contribution < -0.4 is 0 Å². The lowest BCUT2D eigenvalue weighted by Gasteiger charge is -1.99. The van der Waals surface area contributed by atoms with E-state index in [1.807, 2.05) is 0 Å². The number of aromatic nitrogens is 2. The number of aryl methyl sites for hydroxylation is 1. The maximum atomic E-state index is 10.4. The molecule has 2 heterocycles. The SMILES string of the molecule is Cc1cc(Cl)c(Cl)c(Cl)n1.O=C(O)c1cc(Cl)c(Cl)c(Cl)n1. The van der Waals surface area contributed by atoms with Crippen molar-refractivity contribution >= 4 is 75.6 Å². The maximum absolute atomic E-state index is 10.4. The molecule has 0 aliphatic rings. The van der Waals surface area contributed by atoms with E-state index in [1.165, 1.54) is 0 Å². The summed E-state index contributed by atoms with van der Waals surface area (Å²) in [4.78, 5) is 17.8. The Labute approximate surface area is 155 Å². The van der Waals surface area contributed by atoms with Crippen LogP contribution in [0.4, 0.5) is 0 Å². The van der Waals surface area contributed by atoms with Gasteiger partial charge < -0.3 is 5.11 Å². The number of pyridine rings is 2. The number of hydrogen-bond acceptors (Lipinski definition) is 3. The molecule has 1 N–H and O–H groups in total. The average molecular weight is 423 g/mol. The highest BCUT2D eigenvalue weighted by Gasteiger charge is 2.11. The molecule has 0 amide bonds. The Morgan fingerprint density at radius 1 is 0.909 bits per heavy atom. The van der Waals surface area contributed by atoms with Gasteiger partial charge in [-0.3, -0.25) is 0 Å². The maximum Gasteiger partial charge on any atom is 0.354 e. The minimum atomic E-state index is -1.20. The molecule has 0 fully saturated rings. The highest BCUT2D eigenvalue weighted by molar-refractivity contribution is 6.48. The molecular weight excluding hydrogens is 417 g/mol. The number of halogens is 6. The molecule has 0 aliphatic carbocycles. The fourth-order valence-corrected chi connectivity index (χ4v) is 2.32. The minimum Gasteiger partial charge on any atom is -0.477 e. The lowest BCUT2D eigenvalue weighted by atomic mass is 10.3. The monoisotopic (exact) mass is 420 g/mol. The Morgan fingerprint density at radius 2 is 1.36 bits per heavy atom. The smallest absolute Gasteiger partial charge is 0.354 e. The fourth-order valence-electron chi connectivity index (χ4n) is 1.16. The number of hydrogen-bond donors (Lipinski definition) is 1. The Hall–Kier alpha value is -0.490. The highest BCUT2D eigenvalue weighted by Crippen LogP contribution is 2.29. The number of carbonyl (C=O) groups is 1. The normalized spacial score (nSPS) is 9.95. The third-order valence-corrected chi connectivity index (χ3v) is 4.39. The van der Waals surface area contributed by atoms with Crippen LogP contribution >= 0.6 is 69.6 Å². The van der Waals surface area contributed by atoms with Crippen LogP contribution in [0.2, 0.25) is 30.4 Å². The van der Waals surface area contributed by atoms with Gasteiger partial charge in [0.2, 0.25) is 0 Å². The van der Waals surface area contributed by atoms with Crippen molar-refractivity contribution in [3.05, 3.63) is 53.9 Å². The first-order chi connectivity index (χ1) is 10.1. The first kappa shape index (κ1) is 19.6. The van der Waals surface area contributed by atoms with Crippen molar-refractivity contribution in [3.63, 3.8) is 0 Å². The first-order valence-corrected chi connectivity index (χ1v) is 7.63. The van der Waals surface area contributed by atoms with Crippen molar-refractivity contribution in [3.8, 4) is 0 Å². The zero-order chi connectivity index (χ0) is 17.0. The lowest BCUT2D eigenvalue weighted by molar-refractivity contribution is 0.0690. The summed E-state index contributed by atoms with van der Waals surface area (Å²) < 4.78 is 0. The Morgan fingerprint density at radius 3 is 1.77 bits per heavy atom. The summed E-state index contributed by atoms with van der Waals surface area (Å²) in [7, 11) is 0. The zero-order valence-corrected chi connectivity index (χ0v) is 15.2. The van der Waals surface area contributed by atoms with E-state index in [1.54, 1.807) is 13.0 Å². The van der Waals surface area contributed by atoms with Gasteiger partial charge in [0.05, 0.1) is 20.1 Å². The van der Waals surface area contributed by atoms with Gasteiger partial charge in [-0.1, -0.05) is 69.6 Å². The largest absolute Gasteiger partial charge is 0.477 e. The number of carboxylic acids is 1. The van der Waals surface area contributed by atoms with Crippen LogP contribution in [0.1, 0.15) is 16.2 Å². The summed E-state index contributed by atoms with van der Waals surface area (Å²) in [6.45, 7) is 1.80. The minimum absolute atomic E-state index is 0.0586. The zero-order valence-electron chi connectivity index (χ0n) is 10.7. The van der Waals surface area contributed by atoms with Gasteiger partial charge in [-0.2, -0.15) is 0 Å². The second kappa shape index (κ2) is 8.39. The van der Waals surface area contributed by atoms with Gasteiger partial charge in [-0.25, -0.2) is 14.8 Å². The third kappa shape index (κ3) is 5.30. The summed E-state index contributed by atoms with van der Waals surface area (Å²) in [6.07, 6.45) is 0. The molecule has 0 aromatic carbocycles.